The number of Topliss-reactive ketones (excluding diaryl/α,β-unsaturated/α-hetero) is 3. The van der Waals surface area contributed by atoms with Gasteiger partial charge in [-0.05, 0) is 107 Å². The van der Waals surface area contributed by atoms with Crippen molar-refractivity contribution in [1.29, 1.82) is 0 Å². The summed E-state index contributed by atoms with van der Waals surface area (Å²) in [5.74, 6) is -7.90. The summed E-state index contributed by atoms with van der Waals surface area (Å²) in [7, 11) is 4.47. The molecule has 14 nitrogen and oxygen atoms in total. The lowest BCUT2D eigenvalue weighted by atomic mass is 9.78. The van der Waals surface area contributed by atoms with Gasteiger partial charge in [0, 0.05) is 58.5 Å². The Hall–Kier alpha value is -3.79. The Balaban J connectivity index is 1.73. The normalized spacial score (nSPS) is 37.8. The molecule has 0 aromatic carbocycles. The summed E-state index contributed by atoms with van der Waals surface area (Å²) in [6.45, 7) is 12.6. The Morgan fingerprint density at radius 1 is 0.862 bits per heavy atom. The maximum absolute atomic E-state index is 14.4. The lowest BCUT2D eigenvalue weighted by molar-refractivity contribution is -0.223. The predicted molar refractivity (Wildman–Crippen MR) is 245 cm³/mol. The molecule has 0 radical (unpaired) electrons. The minimum atomic E-state index is -2.50. The van der Waals surface area contributed by atoms with Crippen molar-refractivity contribution in [2.24, 2.45) is 35.5 Å². The molecule has 14 atom stereocenters. The molecule has 65 heavy (non-hydrogen) atoms. The number of hydrogen-bond donors (Lipinski definition) is 3. The number of ketones is 3. The van der Waals surface area contributed by atoms with Crippen LogP contribution in [-0.4, -0.2) is 126 Å². The maximum atomic E-state index is 14.4. The van der Waals surface area contributed by atoms with Crippen LogP contribution in [0.15, 0.2) is 59.4 Å². The smallest absolute Gasteiger partial charge is 0.329 e. The number of ether oxygens (including phenoxy) is 5. The average molecular weight is 912 g/mol. The van der Waals surface area contributed by atoms with Gasteiger partial charge in [0.1, 0.15) is 30.1 Å². The molecule has 0 spiro atoms. The van der Waals surface area contributed by atoms with Gasteiger partial charge in [0.05, 0.1) is 24.1 Å². The molecule has 3 fully saturated rings. The zero-order valence-corrected chi connectivity index (χ0v) is 40.4. The molecule has 3 N–H and O–H groups in total. The van der Waals surface area contributed by atoms with E-state index in [4.69, 9.17) is 23.7 Å². The van der Waals surface area contributed by atoms with Crippen LogP contribution in [0.3, 0.4) is 0 Å². The number of nitrogens with zero attached hydrogens (tertiary/aromatic N) is 1. The third-order valence-corrected chi connectivity index (χ3v) is 14.1. The Morgan fingerprint density at radius 3 is 2.26 bits per heavy atom. The summed E-state index contributed by atoms with van der Waals surface area (Å²) in [4.78, 5) is 71.7. The van der Waals surface area contributed by atoms with Gasteiger partial charge in [-0.3, -0.25) is 19.2 Å². The number of cyclic esters (lactones) is 1. The second kappa shape index (κ2) is 24.8. The van der Waals surface area contributed by atoms with E-state index >= 15 is 0 Å². The fourth-order valence-corrected chi connectivity index (χ4v) is 9.74. The molecule has 1 aliphatic carbocycles. The Morgan fingerprint density at radius 2 is 1.58 bits per heavy atom. The first kappa shape index (κ1) is 53.8. The van der Waals surface area contributed by atoms with E-state index in [1.807, 2.05) is 58.1 Å². The monoisotopic (exact) mass is 912 g/mol. The fraction of sp³-hybridized carbons (Fsp3) is 0.706. The number of piperidine rings is 1. The first-order valence-corrected chi connectivity index (χ1v) is 23.6. The summed E-state index contributed by atoms with van der Waals surface area (Å²) in [5.41, 5.74) is 1.19. The van der Waals surface area contributed by atoms with Crippen molar-refractivity contribution >= 4 is 29.2 Å². The van der Waals surface area contributed by atoms with Crippen molar-refractivity contribution in [2.45, 2.75) is 168 Å². The molecule has 1 unspecified atom stereocenters. The van der Waals surface area contributed by atoms with E-state index in [2.05, 4.69) is 0 Å². The first-order valence-electron chi connectivity index (χ1n) is 23.6. The molecule has 4 rings (SSSR count). The maximum Gasteiger partial charge on any atom is 0.329 e. The summed E-state index contributed by atoms with van der Waals surface area (Å²) in [5, 5.41) is 33.8. The van der Waals surface area contributed by atoms with Gasteiger partial charge in [-0.25, -0.2) is 4.79 Å². The van der Waals surface area contributed by atoms with Crippen molar-refractivity contribution in [2.75, 3.05) is 27.9 Å². The number of allylic oxidation sites excluding steroid dienone is 7. The van der Waals surface area contributed by atoms with Gasteiger partial charge in [-0.1, -0.05) is 71.1 Å². The molecule has 4 aliphatic rings. The van der Waals surface area contributed by atoms with Crippen LogP contribution in [0.4, 0.5) is 0 Å². The van der Waals surface area contributed by atoms with Crippen molar-refractivity contribution < 1.29 is 63.0 Å². The van der Waals surface area contributed by atoms with Gasteiger partial charge >= 0.3 is 5.97 Å². The topological polar surface area (TPSA) is 195 Å². The average Bonchev–Trinajstić information content (AvgIpc) is 3.28. The van der Waals surface area contributed by atoms with Gasteiger partial charge in [0.15, 0.2) is 5.78 Å². The molecule has 2 saturated heterocycles. The number of esters is 1. The summed E-state index contributed by atoms with van der Waals surface area (Å²) in [6, 6.07) is -1.15. The van der Waals surface area contributed by atoms with Crippen LogP contribution >= 0.6 is 0 Å². The molecule has 1 amide bonds. The highest BCUT2D eigenvalue weighted by molar-refractivity contribution is 6.39. The van der Waals surface area contributed by atoms with E-state index in [1.165, 1.54) is 19.1 Å². The van der Waals surface area contributed by atoms with Gasteiger partial charge in [-0.15, -0.1) is 0 Å². The largest absolute Gasteiger partial charge is 0.460 e. The van der Waals surface area contributed by atoms with Crippen molar-refractivity contribution in [3.8, 4) is 0 Å². The van der Waals surface area contributed by atoms with Crippen molar-refractivity contribution in [3.63, 3.8) is 0 Å². The highest BCUT2D eigenvalue weighted by Gasteiger charge is 2.53. The Labute approximate surface area is 386 Å². The standard InChI is InChI=1S/C51H77NO13/c1-30-16-12-11-13-17-31(2)42(61-8)28-38-21-19-36(7)51(60,65-38)48(57)49(58)52-23-15-14-18-39(52)50(59)64-43(33(4)26-37-20-22-40(53)44(27-37)62-9)29-41(54)32(3)25-35(6)46(56)47(63-10)45(55)34(5)24-30/h11-13,16-17,25,28,30,32-34,36-37,39-40,42-44,46-47,53,56,60H,14-15,18-24,26-27,29H2,1-10H3/b13-11?,16-12+,31-17?,35-25+,38-28?/t30-,32-,33-,34-,36-,37+,39+,40-,42+,43?,44-,46-,47+,51-/m1/s1. The molecule has 2 bridgehead atoms. The quantitative estimate of drug-likeness (QED) is 0.153. The molecule has 1 saturated carbocycles. The lowest BCUT2D eigenvalue weighted by Crippen LogP contribution is -2.59. The number of carbonyl (C=O) groups excluding carboxylic acids is 5. The Kier molecular flexibility index (Phi) is 20.6. The third-order valence-electron chi connectivity index (χ3n) is 14.1. The molecule has 3 heterocycles. The zero-order chi connectivity index (χ0) is 48.2. The minimum absolute atomic E-state index is 0.00980. The van der Waals surface area contributed by atoms with E-state index in [-0.39, 0.29) is 54.8 Å². The molecular formula is C51H77NO13. The van der Waals surface area contributed by atoms with Crippen LogP contribution in [-0.2, 0) is 47.7 Å². The van der Waals surface area contributed by atoms with E-state index in [0.717, 1.165) is 12.0 Å². The van der Waals surface area contributed by atoms with Crippen LogP contribution in [0.5, 0.6) is 0 Å². The van der Waals surface area contributed by atoms with E-state index in [1.54, 1.807) is 40.0 Å². The van der Waals surface area contributed by atoms with Crippen LogP contribution < -0.4 is 0 Å². The second-order valence-corrected chi connectivity index (χ2v) is 19.2. The number of rotatable bonds is 6. The summed E-state index contributed by atoms with van der Waals surface area (Å²) >= 11 is 0. The zero-order valence-electron chi connectivity index (χ0n) is 40.4. The van der Waals surface area contributed by atoms with Crippen molar-refractivity contribution in [1.82, 2.24) is 4.90 Å². The fourth-order valence-electron chi connectivity index (χ4n) is 9.74. The van der Waals surface area contributed by atoms with Gasteiger partial charge in [-0.2, -0.15) is 0 Å². The Bertz CT molecular complexity index is 1820. The number of fused-ring (bicyclic) bond motifs is 3. The number of methoxy groups -OCH3 is 3. The molecular weight excluding hydrogens is 835 g/mol. The van der Waals surface area contributed by atoms with Gasteiger partial charge < -0.3 is 43.9 Å². The summed E-state index contributed by atoms with van der Waals surface area (Å²) < 4.78 is 29.1. The van der Waals surface area contributed by atoms with Crippen LogP contribution in [0.25, 0.3) is 0 Å². The van der Waals surface area contributed by atoms with Gasteiger partial charge in [0.2, 0.25) is 0 Å². The SMILES string of the molecule is CO[C@H]1C=C2CC[C@@H](C)[C@@](O)(O2)C(=O)C(=O)N2CCCC[C@H]2C(=O)OC([C@H](C)C[C@@H]2CC[C@@H](O)[C@H](OC)C2)CC(=O)[C@H](C)/C=C(\C)[C@@H](O)[C@@H](OC)C(=O)[C@H](C)C[C@H](C)/C=C/C=CC=C1C. The third kappa shape index (κ3) is 14.1. The van der Waals surface area contributed by atoms with Crippen LogP contribution in [0, 0.1) is 35.5 Å². The number of hydrogen-bond acceptors (Lipinski definition) is 13. The van der Waals surface area contributed by atoms with Crippen LogP contribution in [0.1, 0.15) is 119 Å². The number of aliphatic hydroxyl groups excluding tert-OH is 2. The molecule has 364 valence electrons. The van der Waals surface area contributed by atoms with Gasteiger partial charge in [0.25, 0.3) is 17.5 Å². The molecule has 14 heteroatoms. The predicted octanol–water partition coefficient (Wildman–Crippen LogP) is 6.31. The number of carbonyl (C=O) groups is 5. The van der Waals surface area contributed by atoms with Crippen LogP contribution in [0.2, 0.25) is 0 Å². The lowest BCUT2D eigenvalue weighted by Gasteiger charge is -2.40. The van der Waals surface area contributed by atoms with E-state index < -0.39 is 77.8 Å². The van der Waals surface area contributed by atoms with E-state index in [9.17, 15) is 39.3 Å². The molecule has 0 aromatic rings. The second-order valence-electron chi connectivity index (χ2n) is 19.2. The minimum Gasteiger partial charge on any atom is -0.460 e. The highest BCUT2D eigenvalue weighted by Crippen LogP contribution is 2.38. The summed E-state index contributed by atoms with van der Waals surface area (Å²) in [6.07, 6.45) is 12.6. The van der Waals surface area contributed by atoms with E-state index in [0.29, 0.717) is 62.7 Å². The molecule has 3 aliphatic heterocycles. The molecule has 0 aromatic heterocycles. The number of aliphatic hydroxyl groups is 3. The first-order chi connectivity index (χ1) is 30.7. The van der Waals surface area contributed by atoms with Crippen molar-refractivity contribution in [3.05, 3.63) is 59.4 Å². The highest BCUT2D eigenvalue weighted by atomic mass is 16.6. The number of amides is 1.